The summed E-state index contributed by atoms with van der Waals surface area (Å²) >= 11 is 6.41. The smallest absolute Gasteiger partial charge is 0.255 e. The molecule has 1 aliphatic heterocycles. The van der Waals surface area contributed by atoms with E-state index in [-0.39, 0.29) is 17.4 Å². The average molecular weight is 345 g/mol. The van der Waals surface area contributed by atoms with Crippen LogP contribution in [0.2, 0.25) is 5.02 Å². The van der Waals surface area contributed by atoms with Crippen LogP contribution in [0.15, 0.2) is 23.0 Å². The Kier molecular flexibility index (Phi) is 4.26. The van der Waals surface area contributed by atoms with Crippen LogP contribution in [-0.4, -0.2) is 22.3 Å². The minimum Gasteiger partial charge on any atom is -0.333 e. The first kappa shape index (κ1) is 16.8. The maximum absolute atomic E-state index is 13.0. The zero-order valence-electron chi connectivity index (χ0n) is 14.4. The van der Waals surface area contributed by atoms with Crippen molar-refractivity contribution in [2.45, 2.75) is 40.2 Å². The number of rotatable bonds is 2. The van der Waals surface area contributed by atoms with E-state index < -0.39 is 0 Å². The molecule has 126 valence electrons. The first-order valence-corrected chi connectivity index (χ1v) is 8.45. The van der Waals surface area contributed by atoms with E-state index in [4.69, 9.17) is 11.6 Å². The zero-order chi connectivity index (χ0) is 17.6. The van der Waals surface area contributed by atoms with Crippen molar-refractivity contribution in [2.24, 2.45) is 0 Å². The van der Waals surface area contributed by atoms with Crippen LogP contribution in [0, 0.1) is 20.8 Å². The molecule has 0 saturated carbocycles. The van der Waals surface area contributed by atoms with Crippen molar-refractivity contribution >= 4 is 17.5 Å². The highest BCUT2D eigenvalue weighted by Crippen LogP contribution is 2.35. The summed E-state index contributed by atoms with van der Waals surface area (Å²) in [5.74, 6) is 0.0804. The Hall–Kier alpha value is -2.07. The SMILES string of the molecule is Cc1cc(C)c(CN2CC(C)c3ccc(C)c(Cl)c3C2=O)c(=O)[nH]1. The van der Waals surface area contributed by atoms with Gasteiger partial charge < -0.3 is 9.88 Å². The molecule has 24 heavy (non-hydrogen) atoms. The number of halogens is 1. The third kappa shape index (κ3) is 2.75. The normalized spacial score (nSPS) is 17.1. The molecule has 1 N–H and O–H groups in total. The molecule has 0 spiro atoms. The zero-order valence-corrected chi connectivity index (χ0v) is 15.1. The van der Waals surface area contributed by atoms with E-state index >= 15 is 0 Å². The number of amides is 1. The highest BCUT2D eigenvalue weighted by Gasteiger charge is 2.32. The molecular formula is C19H21ClN2O2. The molecule has 0 fully saturated rings. The third-order valence-corrected chi connectivity index (χ3v) is 5.22. The van der Waals surface area contributed by atoms with Gasteiger partial charge in [-0.1, -0.05) is 30.7 Å². The second-order valence-electron chi connectivity index (χ2n) is 6.69. The van der Waals surface area contributed by atoms with E-state index in [1.54, 1.807) is 4.90 Å². The monoisotopic (exact) mass is 344 g/mol. The molecular weight excluding hydrogens is 324 g/mol. The highest BCUT2D eigenvalue weighted by molar-refractivity contribution is 6.34. The van der Waals surface area contributed by atoms with Gasteiger partial charge in [0, 0.05) is 17.8 Å². The molecule has 1 aliphatic rings. The molecule has 1 aromatic carbocycles. The number of hydrogen-bond acceptors (Lipinski definition) is 2. The lowest BCUT2D eigenvalue weighted by Crippen LogP contribution is -2.40. The summed E-state index contributed by atoms with van der Waals surface area (Å²) in [5, 5.41) is 0.517. The second kappa shape index (κ2) is 6.10. The van der Waals surface area contributed by atoms with Crippen LogP contribution in [-0.2, 0) is 6.54 Å². The van der Waals surface area contributed by atoms with E-state index in [0.717, 1.165) is 22.4 Å². The Labute approximate surface area is 146 Å². The number of hydrogen-bond donors (Lipinski definition) is 1. The summed E-state index contributed by atoms with van der Waals surface area (Å²) in [4.78, 5) is 29.8. The molecule has 3 rings (SSSR count). The van der Waals surface area contributed by atoms with Crippen molar-refractivity contribution in [1.82, 2.24) is 9.88 Å². The number of aromatic nitrogens is 1. The number of aryl methyl sites for hydroxylation is 3. The number of aromatic amines is 1. The number of pyridine rings is 1. The van der Waals surface area contributed by atoms with Crippen molar-refractivity contribution < 1.29 is 4.79 Å². The molecule has 1 unspecified atom stereocenters. The van der Waals surface area contributed by atoms with Crippen molar-refractivity contribution in [1.29, 1.82) is 0 Å². The number of nitrogens with one attached hydrogen (secondary N) is 1. The van der Waals surface area contributed by atoms with Crippen LogP contribution >= 0.6 is 11.6 Å². The number of carbonyl (C=O) groups excluding carboxylic acids is 1. The first-order valence-electron chi connectivity index (χ1n) is 8.07. The molecule has 2 heterocycles. The van der Waals surface area contributed by atoms with Crippen LogP contribution in [0.5, 0.6) is 0 Å². The van der Waals surface area contributed by atoms with E-state index in [1.165, 1.54) is 0 Å². The predicted octanol–water partition coefficient (Wildman–Crippen LogP) is 3.71. The Morgan fingerprint density at radius 1 is 1.21 bits per heavy atom. The van der Waals surface area contributed by atoms with E-state index in [0.29, 0.717) is 29.2 Å². The molecule has 0 saturated heterocycles. The molecule has 5 heteroatoms. The topological polar surface area (TPSA) is 53.2 Å². The van der Waals surface area contributed by atoms with E-state index in [1.807, 2.05) is 39.0 Å². The third-order valence-electron chi connectivity index (χ3n) is 4.74. The fourth-order valence-corrected chi connectivity index (χ4v) is 3.65. The number of H-pyrrole nitrogens is 1. The van der Waals surface area contributed by atoms with Gasteiger partial charge in [0.05, 0.1) is 17.1 Å². The maximum atomic E-state index is 13.0. The summed E-state index contributed by atoms with van der Waals surface area (Å²) < 4.78 is 0. The summed E-state index contributed by atoms with van der Waals surface area (Å²) in [5.41, 5.74) is 4.68. The van der Waals surface area contributed by atoms with Gasteiger partial charge >= 0.3 is 0 Å². The minimum absolute atomic E-state index is 0.101. The van der Waals surface area contributed by atoms with Crippen LogP contribution < -0.4 is 5.56 Å². The Morgan fingerprint density at radius 3 is 2.58 bits per heavy atom. The largest absolute Gasteiger partial charge is 0.333 e. The van der Waals surface area contributed by atoms with Gasteiger partial charge in [0.15, 0.2) is 0 Å². The van der Waals surface area contributed by atoms with Crippen LogP contribution in [0.25, 0.3) is 0 Å². The van der Waals surface area contributed by atoms with E-state index in [9.17, 15) is 9.59 Å². The summed E-state index contributed by atoms with van der Waals surface area (Å²) in [6.45, 7) is 8.61. The van der Waals surface area contributed by atoms with Gasteiger partial charge in [0.25, 0.3) is 11.5 Å². The molecule has 1 atom stereocenters. The highest BCUT2D eigenvalue weighted by atomic mass is 35.5. The number of nitrogens with zero attached hydrogens (tertiary/aromatic N) is 1. The number of fused-ring (bicyclic) bond motifs is 1. The van der Waals surface area contributed by atoms with Crippen LogP contribution in [0.4, 0.5) is 0 Å². The fraction of sp³-hybridized carbons (Fsp3) is 0.368. The summed E-state index contributed by atoms with van der Waals surface area (Å²) in [6, 6.07) is 5.87. The number of carbonyl (C=O) groups is 1. The Balaban J connectivity index is 2.02. The van der Waals surface area contributed by atoms with Crippen molar-refractivity contribution in [3.05, 3.63) is 67.1 Å². The van der Waals surface area contributed by atoms with Crippen molar-refractivity contribution in [3.8, 4) is 0 Å². The summed E-state index contributed by atoms with van der Waals surface area (Å²) in [7, 11) is 0. The van der Waals surface area contributed by atoms with Crippen molar-refractivity contribution in [2.75, 3.05) is 6.54 Å². The minimum atomic E-state index is -0.130. The standard InChI is InChI=1S/C19H21ClN2O2/c1-10-5-6-14-12(3)8-22(19(24)16(14)17(10)20)9-15-11(2)7-13(4)21-18(15)23/h5-7,12H,8-9H2,1-4H3,(H,21,23). The second-order valence-corrected chi connectivity index (χ2v) is 7.07. The van der Waals surface area contributed by atoms with Crippen LogP contribution in [0.3, 0.4) is 0 Å². The Bertz CT molecular complexity index is 886. The molecule has 0 bridgehead atoms. The van der Waals surface area contributed by atoms with Gasteiger partial charge in [-0.15, -0.1) is 0 Å². The predicted molar refractivity (Wildman–Crippen MR) is 95.9 cm³/mol. The molecule has 0 radical (unpaired) electrons. The maximum Gasteiger partial charge on any atom is 0.255 e. The lowest BCUT2D eigenvalue weighted by Gasteiger charge is -2.33. The molecule has 1 aromatic heterocycles. The fourth-order valence-electron chi connectivity index (χ4n) is 3.40. The number of benzene rings is 1. The van der Waals surface area contributed by atoms with Crippen molar-refractivity contribution in [3.63, 3.8) is 0 Å². The van der Waals surface area contributed by atoms with Gasteiger partial charge in [-0.3, -0.25) is 9.59 Å². The van der Waals surface area contributed by atoms with Gasteiger partial charge in [-0.25, -0.2) is 0 Å². The van der Waals surface area contributed by atoms with Gasteiger partial charge in [-0.05, 0) is 49.4 Å². The van der Waals surface area contributed by atoms with Gasteiger partial charge in [0.2, 0.25) is 0 Å². The molecule has 2 aromatic rings. The Morgan fingerprint density at radius 2 is 1.92 bits per heavy atom. The molecule has 4 nitrogen and oxygen atoms in total. The summed E-state index contributed by atoms with van der Waals surface area (Å²) in [6.07, 6.45) is 0. The van der Waals surface area contributed by atoms with Gasteiger partial charge in [0.1, 0.15) is 0 Å². The first-order chi connectivity index (χ1) is 11.3. The lowest BCUT2D eigenvalue weighted by atomic mass is 9.89. The molecule has 0 aliphatic carbocycles. The average Bonchev–Trinajstić information content (AvgIpc) is 2.50. The van der Waals surface area contributed by atoms with Crippen LogP contribution in [0.1, 0.15) is 51.1 Å². The molecule has 1 amide bonds. The van der Waals surface area contributed by atoms with E-state index in [2.05, 4.69) is 11.9 Å². The quantitative estimate of drug-likeness (QED) is 0.902. The van der Waals surface area contributed by atoms with Gasteiger partial charge in [-0.2, -0.15) is 0 Å². The lowest BCUT2D eigenvalue weighted by molar-refractivity contribution is 0.0710.